The number of nitrogens with one attached hydrogen (secondary N) is 2. The Morgan fingerprint density at radius 2 is 1.88 bits per heavy atom. The third-order valence-electron chi connectivity index (χ3n) is 6.02. The van der Waals surface area contributed by atoms with Crippen LogP contribution in [0, 0.1) is 13.8 Å². The first-order chi connectivity index (χ1) is 15.1. The van der Waals surface area contributed by atoms with Crippen LogP contribution in [0.4, 0.5) is 18.9 Å². The number of alkyl halides is 3. The average Bonchev–Trinajstić information content (AvgIpc) is 3.12. The monoisotopic (exact) mass is 464 g/mol. The number of piperidine rings is 1. The molecule has 0 unspecified atom stereocenters. The normalized spacial score (nSPS) is 15.9. The Bertz CT molecular complexity index is 1110. The zero-order valence-electron chi connectivity index (χ0n) is 17.8. The van der Waals surface area contributed by atoms with Gasteiger partial charge >= 0.3 is 6.18 Å². The summed E-state index contributed by atoms with van der Waals surface area (Å²) in [5, 5.41) is 2.58. The zero-order valence-corrected chi connectivity index (χ0v) is 18.6. The van der Waals surface area contributed by atoms with Crippen molar-refractivity contribution in [3.63, 3.8) is 0 Å². The second kappa shape index (κ2) is 8.75. The number of carbonyl (C=O) groups excluding carboxylic acids is 1. The van der Waals surface area contributed by atoms with Gasteiger partial charge in [0, 0.05) is 5.92 Å². The number of anilines is 1. The number of benzene rings is 2. The lowest BCUT2D eigenvalue weighted by Gasteiger charge is -2.30. The van der Waals surface area contributed by atoms with E-state index >= 15 is 0 Å². The van der Waals surface area contributed by atoms with Crippen molar-refractivity contribution in [2.75, 3.05) is 25.0 Å². The van der Waals surface area contributed by atoms with E-state index < -0.39 is 11.7 Å². The van der Waals surface area contributed by atoms with Crippen LogP contribution >= 0.6 is 11.6 Å². The number of halogens is 4. The van der Waals surface area contributed by atoms with E-state index in [1.807, 2.05) is 4.90 Å². The minimum atomic E-state index is -4.50. The molecule has 1 amide bonds. The molecule has 5 nitrogen and oxygen atoms in total. The zero-order chi connectivity index (χ0) is 23.0. The van der Waals surface area contributed by atoms with Crippen molar-refractivity contribution < 1.29 is 18.0 Å². The fourth-order valence-electron chi connectivity index (χ4n) is 4.04. The molecule has 2 aromatic carbocycles. The maximum atomic E-state index is 12.9. The molecular weight excluding hydrogens is 441 g/mol. The Balaban J connectivity index is 1.35. The lowest BCUT2D eigenvalue weighted by Crippen LogP contribution is -2.39. The van der Waals surface area contributed by atoms with Crippen LogP contribution in [-0.4, -0.2) is 40.4 Å². The van der Waals surface area contributed by atoms with Crippen LogP contribution in [0.25, 0.3) is 11.0 Å². The molecule has 4 rings (SSSR count). The highest BCUT2D eigenvalue weighted by atomic mass is 35.5. The molecule has 0 radical (unpaired) electrons. The number of hydrogen-bond acceptors (Lipinski definition) is 3. The molecule has 1 saturated heterocycles. The molecule has 0 aliphatic carbocycles. The third-order valence-corrected chi connectivity index (χ3v) is 6.35. The van der Waals surface area contributed by atoms with Crippen LogP contribution < -0.4 is 5.32 Å². The first-order valence-corrected chi connectivity index (χ1v) is 10.8. The van der Waals surface area contributed by atoms with E-state index in [1.165, 1.54) is 11.1 Å². The number of imidazole rings is 1. The molecule has 0 atom stereocenters. The van der Waals surface area contributed by atoms with Crippen LogP contribution in [0.15, 0.2) is 30.3 Å². The van der Waals surface area contributed by atoms with Gasteiger partial charge in [0.2, 0.25) is 5.91 Å². The van der Waals surface area contributed by atoms with E-state index in [2.05, 4.69) is 36.3 Å². The van der Waals surface area contributed by atoms with E-state index in [0.29, 0.717) is 13.1 Å². The van der Waals surface area contributed by atoms with Crippen molar-refractivity contribution in [3.8, 4) is 0 Å². The number of H-pyrrole nitrogens is 1. The summed E-state index contributed by atoms with van der Waals surface area (Å²) < 4.78 is 38.8. The number of carbonyl (C=O) groups is 1. The van der Waals surface area contributed by atoms with Gasteiger partial charge in [-0.25, -0.2) is 4.98 Å². The maximum Gasteiger partial charge on any atom is 0.416 e. The van der Waals surface area contributed by atoms with Crippen LogP contribution in [0.3, 0.4) is 0 Å². The quantitative estimate of drug-likeness (QED) is 0.523. The second-order valence-electron chi connectivity index (χ2n) is 8.37. The van der Waals surface area contributed by atoms with Gasteiger partial charge in [0.1, 0.15) is 5.82 Å². The second-order valence-corrected chi connectivity index (χ2v) is 8.77. The molecule has 32 heavy (non-hydrogen) atoms. The molecule has 2 N–H and O–H groups in total. The average molecular weight is 465 g/mol. The number of aryl methyl sites for hydroxylation is 2. The van der Waals surface area contributed by atoms with Crippen LogP contribution in [0.1, 0.15) is 41.3 Å². The summed E-state index contributed by atoms with van der Waals surface area (Å²) in [6, 6.07) is 7.09. The van der Waals surface area contributed by atoms with Gasteiger partial charge in [0.05, 0.1) is 33.9 Å². The number of hydrogen-bond donors (Lipinski definition) is 2. The number of aromatic amines is 1. The first-order valence-electron chi connectivity index (χ1n) is 10.5. The lowest BCUT2D eigenvalue weighted by atomic mass is 9.96. The van der Waals surface area contributed by atoms with E-state index in [4.69, 9.17) is 16.6 Å². The van der Waals surface area contributed by atoms with E-state index in [-0.39, 0.29) is 29.1 Å². The molecule has 0 saturated carbocycles. The van der Waals surface area contributed by atoms with Gasteiger partial charge in [-0.15, -0.1) is 0 Å². The summed E-state index contributed by atoms with van der Waals surface area (Å²) in [4.78, 5) is 22.6. The van der Waals surface area contributed by atoms with Gasteiger partial charge in [0.25, 0.3) is 0 Å². The summed E-state index contributed by atoms with van der Waals surface area (Å²) in [5.41, 5.74) is 3.53. The molecular formula is C23H24ClF3N4O. The highest BCUT2D eigenvalue weighted by Crippen LogP contribution is 2.34. The van der Waals surface area contributed by atoms with Gasteiger partial charge in [-0.2, -0.15) is 13.2 Å². The Morgan fingerprint density at radius 1 is 1.19 bits per heavy atom. The summed E-state index contributed by atoms with van der Waals surface area (Å²) in [7, 11) is 0. The van der Waals surface area contributed by atoms with Crippen molar-refractivity contribution in [2.45, 2.75) is 38.8 Å². The van der Waals surface area contributed by atoms with Crippen molar-refractivity contribution >= 4 is 34.2 Å². The minimum absolute atomic E-state index is 0.0331. The molecule has 2 heterocycles. The highest BCUT2D eigenvalue weighted by Gasteiger charge is 2.31. The molecule has 9 heteroatoms. The number of nitrogens with zero attached hydrogens (tertiary/aromatic N) is 2. The van der Waals surface area contributed by atoms with Gasteiger partial charge in [0.15, 0.2) is 0 Å². The summed E-state index contributed by atoms with van der Waals surface area (Å²) in [6.07, 6.45) is -2.81. The Morgan fingerprint density at radius 3 is 2.56 bits per heavy atom. The van der Waals surface area contributed by atoms with Crippen molar-refractivity contribution in [1.82, 2.24) is 14.9 Å². The van der Waals surface area contributed by atoms with Crippen LogP contribution in [-0.2, 0) is 11.0 Å². The minimum Gasteiger partial charge on any atom is -0.342 e. The molecule has 1 aromatic heterocycles. The van der Waals surface area contributed by atoms with Gasteiger partial charge < -0.3 is 10.3 Å². The summed E-state index contributed by atoms with van der Waals surface area (Å²) in [5.74, 6) is 0.851. The SMILES string of the molecule is Cc1cc2nc(C3CCN(CC(=O)Nc4cc(C(F)(F)F)ccc4Cl)CC3)[nH]c2cc1C. The topological polar surface area (TPSA) is 61.0 Å². The third kappa shape index (κ3) is 4.91. The fraction of sp³-hybridized carbons (Fsp3) is 0.391. The van der Waals surface area contributed by atoms with Crippen molar-refractivity contribution in [1.29, 1.82) is 0 Å². The lowest BCUT2D eigenvalue weighted by molar-refractivity contribution is -0.137. The predicted molar refractivity (Wildman–Crippen MR) is 119 cm³/mol. The Kier molecular flexibility index (Phi) is 6.18. The van der Waals surface area contributed by atoms with Gasteiger partial charge in [-0.1, -0.05) is 11.6 Å². The standard InChI is InChI=1S/C23H24ClF3N4O/c1-13-9-19-20(10-14(13)2)30-22(29-19)15-5-7-31(8-6-15)12-21(32)28-18-11-16(23(25,26)27)3-4-17(18)24/h3-4,9-11,15H,5-8,12H2,1-2H3,(H,28,32)(H,29,30). The number of aromatic nitrogens is 2. The maximum absolute atomic E-state index is 12.9. The number of fused-ring (bicyclic) bond motifs is 1. The Hall–Kier alpha value is -2.58. The van der Waals surface area contributed by atoms with E-state index in [1.54, 1.807) is 0 Å². The van der Waals surface area contributed by atoms with Crippen molar-refractivity contribution in [2.24, 2.45) is 0 Å². The Labute approximate surface area is 189 Å². The molecule has 1 aliphatic heterocycles. The molecule has 0 bridgehead atoms. The van der Waals surface area contributed by atoms with Crippen molar-refractivity contribution in [3.05, 3.63) is 57.9 Å². The highest BCUT2D eigenvalue weighted by molar-refractivity contribution is 6.33. The summed E-state index contributed by atoms with van der Waals surface area (Å²) in [6.45, 7) is 5.63. The number of likely N-dealkylation sites (tertiary alicyclic amines) is 1. The van der Waals surface area contributed by atoms with Gasteiger partial charge in [-0.3, -0.25) is 9.69 Å². The van der Waals surface area contributed by atoms with Crippen LogP contribution in [0.5, 0.6) is 0 Å². The largest absolute Gasteiger partial charge is 0.416 e. The van der Waals surface area contributed by atoms with Crippen LogP contribution in [0.2, 0.25) is 5.02 Å². The molecule has 1 fully saturated rings. The van der Waals surface area contributed by atoms with E-state index in [0.717, 1.165) is 47.9 Å². The summed E-state index contributed by atoms with van der Waals surface area (Å²) >= 11 is 5.97. The first kappa shape index (κ1) is 22.6. The van der Waals surface area contributed by atoms with E-state index in [9.17, 15) is 18.0 Å². The predicted octanol–water partition coefficient (Wildman–Crippen LogP) is 5.67. The fourth-order valence-corrected chi connectivity index (χ4v) is 4.20. The molecule has 1 aliphatic rings. The van der Waals surface area contributed by atoms with Gasteiger partial charge in [-0.05, 0) is 81.2 Å². The number of amides is 1. The molecule has 170 valence electrons. The number of rotatable bonds is 4. The molecule has 3 aromatic rings. The smallest absolute Gasteiger partial charge is 0.342 e. The molecule has 0 spiro atoms.